The normalized spacial score (nSPS) is 29.9. The van der Waals surface area contributed by atoms with Crippen molar-refractivity contribution >= 4 is 5.91 Å². The molecule has 0 spiro atoms. The third-order valence-corrected chi connectivity index (χ3v) is 2.97. The summed E-state index contributed by atoms with van der Waals surface area (Å²) in [6.45, 7) is 1.80. The van der Waals surface area contributed by atoms with Crippen LogP contribution in [0.5, 0.6) is 0 Å². The maximum Gasteiger partial charge on any atom is 0.291 e. The van der Waals surface area contributed by atoms with Gasteiger partial charge in [-0.2, -0.15) is 0 Å². The Morgan fingerprint density at radius 2 is 2.36 bits per heavy atom. The van der Waals surface area contributed by atoms with Gasteiger partial charge in [-0.1, -0.05) is 0 Å². The maximum absolute atomic E-state index is 11.9. The number of hydrogen-bond acceptors (Lipinski definition) is 4. The first-order valence-electron chi connectivity index (χ1n) is 4.78. The summed E-state index contributed by atoms with van der Waals surface area (Å²) >= 11 is 0. The van der Waals surface area contributed by atoms with Gasteiger partial charge >= 0.3 is 0 Å². The topological polar surface area (TPSA) is 58.4 Å². The van der Waals surface area contributed by atoms with Crippen LogP contribution in [0.3, 0.4) is 0 Å². The quantitative estimate of drug-likeness (QED) is 0.674. The smallest absolute Gasteiger partial charge is 0.291 e. The van der Waals surface area contributed by atoms with Crippen LogP contribution >= 0.6 is 0 Å². The molecule has 1 N–H and O–H groups in total. The monoisotopic (exact) mass is 193 g/mol. The van der Waals surface area contributed by atoms with Crippen LogP contribution in [0.15, 0.2) is 17.0 Å². The van der Waals surface area contributed by atoms with Gasteiger partial charge in [0, 0.05) is 25.2 Å². The summed E-state index contributed by atoms with van der Waals surface area (Å²) in [5, 5.41) is 3.27. The molecule has 5 nitrogen and oxygen atoms in total. The van der Waals surface area contributed by atoms with E-state index in [2.05, 4.69) is 10.3 Å². The highest BCUT2D eigenvalue weighted by Gasteiger charge is 2.45. The molecule has 2 fully saturated rings. The third-order valence-electron chi connectivity index (χ3n) is 2.97. The van der Waals surface area contributed by atoms with E-state index in [9.17, 15) is 4.79 Å². The van der Waals surface area contributed by atoms with Crippen LogP contribution < -0.4 is 5.32 Å². The highest BCUT2D eigenvalue weighted by Crippen LogP contribution is 2.29. The van der Waals surface area contributed by atoms with Gasteiger partial charge in [0.1, 0.15) is 0 Å². The number of piperazine rings is 1. The summed E-state index contributed by atoms with van der Waals surface area (Å²) in [6, 6.07) is 0.706. The molecule has 3 rings (SSSR count). The van der Waals surface area contributed by atoms with Gasteiger partial charge in [0.05, 0.1) is 6.20 Å². The van der Waals surface area contributed by atoms with Crippen molar-refractivity contribution in [3.63, 3.8) is 0 Å². The van der Waals surface area contributed by atoms with E-state index in [1.54, 1.807) is 0 Å². The van der Waals surface area contributed by atoms with Crippen molar-refractivity contribution in [2.75, 3.05) is 13.1 Å². The SMILES string of the molecule is O=C(c1cnco1)N1C2CNCC1C2. The summed E-state index contributed by atoms with van der Waals surface area (Å²) in [5.41, 5.74) is 0. The lowest BCUT2D eigenvalue weighted by Crippen LogP contribution is -2.69. The van der Waals surface area contributed by atoms with E-state index < -0.39 is 0 Å². The van der Waals surface area contributed by atoms with E-state index in [4.69, 9.17) is 4.42 Å². The number of oxazole rings is 1. The average molecular weight is 193 g/mol. The molecular formula is C9H11N3O2. The van der Waals surface area contributed by atoms with Crippen molar-refractivity contribution in [1.82, 2.24) is 15.2 Å². The van der Waals surface area contributed by atoms with Gasteiger partial charge < -0.3 is 14.6 Å². The second-order valence-electron chi connectivity index (χ2n) is 3.78. The number of hydrogen-bond donors (Lipinski definition) is 1. The zero-order valence-corrected chi connectivity index (χ0v) is 7.64. The lowest BCUT2D eigenvalue weighted by atomic mass is 9.88. The fourth-order valence-electron chi connectivity index (χ4n) is 2.26. The number of carbonyl (C=O) groups is 1. The van der Waals surface area contributed by atoms with E-state index in [1.165, 1.54) is 12.6 Å². The van der Waals surface area contributed by atoms with Crippen LogP contribution in [0.1, 0.15) is 17.0 Å². The Morgan fingerprint density at radius 3 is 2.93 bits per heavy atom. The molecule has 2 unspecified atom stereocenters. The van der Waals surface area contributed by atoms with Gasteiger partial charge in [0.15, 0.2) is 6.39 Å². The zero-order valence-electron chi connectivity index (χ0n) is 7.64. The first kappa shape index (κ1) is 7.99. The fourth-order valence-corrected chi connectivity index (χ4v) is 2.26. The lowest BCUT2D eigenvalue weighted by Gasteiger charge is -2.52. The molecule has 2 bridgehead atoms. The van der Waals surface area contributed by atoms with E-state index in [1.807, 2.05) is 4.90 Å². The molecule has 2 atom stereocenters. The molecule has 14 heavy (non-hydrogen) atoms. The minimum absolute atomic E-state index is 0.0229. The van der Waals surface area contributed by atoms with Crippen molar-refractivity contribution in [2.24, 2.45) is 0 Å². The molecule has 0 aromatic carbocycles. The predicted molar refractivity (Wildman–Crippen MR) is 47.7 cm³/mol. The number of piperidine rings is 1. The summed E-state index contributed by atoms with van der Waals surface area (Å²) < 4.78 is 4.99. The summed E-state index contributed by atoms with van der Waals surface area (Å²) in [5.74, 6) is 0.326. The molecule has 1 amide bonds. The van der Waals surface area contributed by atoms with Crippen molar-refractivity contribution in [3.8, 4) is 0 Å². The van der Waals surface area contributed by atoms with Gasteiger partial charge in [0.25, 0.3) is 5.91 Å². The van der Waals surface area contributed by atoms with Gasteiger partial charge in [-0.25, -0.2) is 4.98 Å². The molecule has 0 aliphatic carbocycles. The van der Waals surface area contributed by atoms with Crippen molar-refractivity contribution in [1.29, 1.82) is 0 Å². The van der Waals surface area contributed by atoms with Crippen LogP contribution in [0, 0.1) is 0 Å². The van der Waals surface area contributed by atoms with Crippen molar-refractivity contribution < 1.29 is 9.21 Å². The lowest BCUT2D eigenvalue weighted by molar-refractivity contribution is -0.00462. The molecule has 1 aromatic rings. The van der Waals surface area contributed by atoms with E-state index >= 15 is 0 Å². The second kappa shape index (κ2) is 2.81. The minimum atomic E-state index is -0.0229. The van der Waals surface area contributed by atoms with E-state index in [-0.39, 0.29) is 5.91 Å². The Hall–Kier alpha value is -1.36. The third kappa shape index (κ3) is 0.988. The number of amides is 1. The summed E-state index contributed by atoms with van der Waals surface area (Å²) in [4.78, 5) is 17.5. The molecule has 74 valence electrons. The van der Waals surface area contributed by atoms with Gasteiger partial charge in [0.2, 0.25) is 5.76 Å². The van der Waals surface area contributed by atoms with Crippen LogP contribution in [-0.2, 0) is 0 Å². The summed E-state index contributed by atoms with van der Waals surface area (Å²) in [6.07, 6.45) is 3.89. The number of rotatable bonds is 1. The molecule has 2 saturated heterocycles. The van der Waals surface area contributed by atoms with Crippen LogP contribution in [0.4, 0.5) is 0 Å². The Kier molecular flexibility index (Phi) is 1.61. The van der Waals surface area contributed by atoms with Crippen LogP contribution in [-0.4, -0.2) is 41.0 Å². The number of fused-ring (bicyclic) bond motifs is 2. The molecule has 2 aliphatic heterocycles. The number of nitrogens with one attached hydrogen (secondary N) is 1. The average Bonchev–Trinajstić information content (AvgIpc) is 2.71. The van der Waals surface area contributed by atoms with Crippen LogP contribution in [0.25, 0.3) is 0 Å². The van der Waals surface area contributed by atoms with Crippen molar-refractivity contribution in [3.05, 3.63) is 18.4 Å². The van der Waals surface area contributed by atoms with Crippen molar-refractivity contribution in [2.45, 2.75) is 18.5 Å². The largest absolute Gasteiger partial charge is 0.438 e. The Balaban J connectivity index is 1.81. The van der Waals surface area contributed by atoms with Gasteiger partial charge in [-0.15, -0.1) is 0 Å². The van der Waals surface area contributed by atoms with Gasteiger partial charge in [-0.3, -0.25) is 4.79 Å². The highest BCUT2D eigenvalue weighted by atomic mass is 16.3. The molecule has 0 radical (unpaired) electrons. The molecule has 2 aliphatic rings. The van der Waals surface area contributed by atoms with Gasteiger partial charge in [-0.05, 0) is 6.42 Å². The number of nitrogens with zero attached hydrogens (tertiary/aromatic N) is 2. The first-order valence-corrected chi connectivity index (χ1v) is 4.78. The standard InChI is InChI=1S/C9H11N3O2/c13-9(8-4-11-5-14-8)12-6-1-7(12)3-10-2-6/h4-7,10H,1-3H2. The Labute approximate surface area is 81.1 Å². The molecule has 3 heterocycles. The Morgan fingerprint density at radius 1 is 1.57 bits per heavy atom. The molecular weight excluding hydrogens is 182 g/mol. The van der Waals surface area contributed by atoms with E-state index in [0.29, 0.717) is 17.8 Å². The molecule has 5 heteroatoms. The predicted octanol–water partition coefficient (Wildman–Crippen LogP) is -0.139. The second-order valence-corrected chi connectivity index (χ2v) is 3.78. The van der Waals surface area contributed by atoms with E-state index in [0.717, 1.165) is 19.5 Å². The number of carbonyl (C=O) groups excluding carboxylic acids is 1. The molecule has 1 aromatic heterocycles. The summed E-state index contributed by atoms with van der Waals surface area (Å²) in [7, 11) is 0. The zero-order chi connectivity index (χ0) is 9.54. The number of aromatic nitrogens is 1. The molecule has 0 saturated carbocycles. The minimum Gasteiger partial charge on any atom is -0.438 e. The fraction of sp³-hybridized carbons (Fsp3) is 0.556. The Bertz CT molecular complexity index is 335. The first-order chi connectivity index (χ1) is 6.86. The maximum atomic E-state index is 11.9. The highest BCUT2D eigenvalue weighted by molar-refractivity contribution is 5.92. The van der Waals surface area contributed by atoms with Crippen LogP contribution in [0.2, 0.25) is 0 Å².